The van der Waals surface area contributed by atoms with E-state index < -0.39 is 11.9 Å². The summed E-state index contributed by atoms with van der Waals surface area (Å²) < 4.78 is 28.5. The van der Waals surface area contributed by atoms with Crippen LogP contribution in [0.25, 0.3) is 0 Å². The first-order valence-electron chi connectivity index (χ1n) is 3.40. The van der Waals surface area contributed by atoms with Crippen molar-refractivity contribution in [1.82, 2.24) is 0 Å². The van der Waals surface area contributed by atoms with Crippen LogP contribution >= 0.6 is 0 Å². The number of alkyl halides is 2. The first-order valence-corrected chi connectivity index (χ1v) is 3.40. The zero-order valence-corrected chi connectivity index (χ0v) is 6.69. The second kappa shape index (κ2) is 4.26. The second-order valence-electron chi connectivity index (χ2n) is 2.50. The lowest BCUT2D eigenvalue weighted by molar-refractivity contribution is -0.141. The molecule has 0 atom stereocenters. The third kappa shape index (κ3) is 7.22. The molecule has 0 saturated heterocycles. The smallest absolute Gasteiger partial charge is 0.305 e. The average molecular weight is 166 g/mol. The van der Waals surface area contributed by atoms with Gasteiger partial charge in [0, 0.05) is 12.8 Å². The van der Waals surface area contributed by atoms with E-state index >= 15 is 0 Å². The molecule has 0 unspecified atom stereocenters. The van der Waals surface area contributed by atoms with Gasteiger partial charge in [0.1, 0.15) is 0 Å². The molecule has 0 rings (SSSR count). The van der Waals surface area contributed by atoms with E-state index in [4.69, 9.17) is 0 Å². The van der Waals surface area contributed by atoms with Crippen molar-refractivity contribution in [2.45, 2.75) is 32.1 Å². The minimum absolute atomic E-state index is 0.0694. The Kier molecular flexibility index (Phi) is 4.00. The molecule has 0 heterocycles. The zero-order valence-electron chi connectivity index (χ0n) is 6.69. The highest BCUT2D eigenvalue weighted by Gasteiger charge is 2.20. The first kappa shape index (κ1) is 10.3. The van der Waals surface area contributed by atoms with Crippen LogP contribution in [-0.4, -0.2) is 19.0 Å². The molecular formula is C7H12F2O2. The van der Waals surface area contributed by atoms with Crippen molar-refractivity contribution < 1.29 is 18.3 Å². The van der Waals surface area contributed by atoms with Gasteiger partial charge in [-0.15, -0.1) is 0 Å². The van der Waals surface area contributed by atoms with Gasteiger partial charge >= 0.3 is 5.97 Å². The Morgan fingerprint density at radius 2 is 2.09 bits per heavy atom. The molecule has 0 aromatic heterocycles. The summed E-state index contributed by atoms with van der Waals surface area (Å²) in [6.45, 7) is 0.838. The molecule has 0 aliphatic heterocycles. The molecule has 0 aliphatic carbocycles. The molecule has 0 spiro atoms. The topological polar surface area (TPSA) is 26.3 Å². The number of hydrogen-bond acceptors (Lipinski definition) is 2. The number of ether oxygens (including phenoxy) is 1. The fourth-order valence-electron chi connectivity index (χ4n) is 0.645. The van der Waals surface area contributed by atoms with Crippen LogP contribution in [0, 0.1) is 0 Å². The summed E-state index contributed by atoms with van der Waals surface area (Å²) in [6, 6.07) is 0. The number of carbonyl (C=O) groups is 1. The largest absolute Gasteiger partial charge is 0.469 e. The lowest BCUT2D eigenvalue weighted by Crippen LogP contribution is -2.10. The van der Waals surface area contributed by atoms with Crippen molar-refractivity contribution in [3.05, 3.63) is 0 Å². The van der Waals surface area contributed by atoms with E-state index in [1.165, 1.54) is 7.11 Å². The number of methoxy groups -OCH3 is 1. The monoisotopic (exact) mass is 166 g/mol. The van der Waals surface area contributed by atoms with Crippen LogP contribution in [0.1, 0.15) is 26.2 Å². The van der Waals surface area contributed by atoms with Gasteiger partial charge in [-0.05, 0) is 13.3 Å². The highest BCUT2D eigenvalue weighted by Crippen LogP contribution is 2.19. The van der Waals surface area contributed by atoms with Crippen LogP contribution in [0.2, 0.25) is 0 Å². The van der Waals surface area contributed by atoms with E-state index in [2.05, 4.69) is 4.74 Å². The van der Waals surface area contributed by atoms with E-state index in [0.29, 0.717) is 0 Å². The minimum Gasteiger partial charge on any atom is -0.469 e. The molecule has 4 heteroatoms. The molecule has 0 bridgehead atoms. The van der Waals surface area contributed by atoms with Crippen molar-refractivity contribution in [1.29, 1.82) is 0 Å². The Labute approximate surface area is 64.5 Å². The number of carbonyl (C=O) groups excluding carboxylic acids is 1. The van der Waals surface area contributed by atoms with Gasteiger partial charge in [0.05, 0.1) is 7.11 Å². The van der Waals surface area contributed by atoms with Crippen LogP contribution in [0.4, 0.5) is 8.78 Å². The second-order valence-corrected chi connectivity index (χ2v) is 2.50. The summed E-state index contributed by atoms with van der Waals surface area (Å²) in [5.74, 6) is -3.11. The Bertz CT molecular complexity index is 129. The minimum atomic E-state index is -2.67. The highest BCUT2D eigenvalue weighted by molar-refractivity contribution is 5.68. The van der Waals surface area contributed by atoms with Crippen LogP contribution in [0.3, 0.4) is 0 Å². The Hall–Kier alpha value is -0.670. The summed E-state index contributed by atoms with van der Waals surface area (Å²) in [6.07, 6.45) is -0.0157. The van der Waals surface area contributed by atoms with E-state index in [0.717, 1.165) is 6.92 Å². The van der Waals surface area contributed by atoms with Gasteiger partial charge in [-0.25, -0.2) is 8.78 Å². The van der Waals surface area contributed by atoms with Crippen LogP contribution in [0.5, 0.6) is 0 Å². The van der Waals surface area contributed by atoms with Gasteiger partial charge in [-0.3, -0.25) is 4.79 Å². The van der Waals surface area contributed by atoms with Crippen LogP contribution < -0.4 is 0 Å². The zero-order chi connectivity index (χ0) is 8.91. The molecule has 0 radical (unpaired) electrons. The summed E-state index contributed by atoms with van der Waals surface area (Å²) in [7, 11) is 1.24. The van der Waals surface area contributed by atoms with Crippen molar-refractivity contribution in [3.8, 4) is 0 Å². The molecule has 0 saturated carbocycles. The highest BCUT2D eigenvalue weighted by atomic mass is 19.3. The van der Waals surface area contributed by atoms with Gasteiger partial charge in [-0.2, -0.15) is 0 Å². The normalized spacial score (nSPS) is 11.3. The Morgan fingerprint density at radius 1 is 1.55 bits per heavy atom. The predicted molar refractivity (Wildman–Crippen MR) is 36.5 cm³/mol. The molecule has 66 valence electrons. The summed E-state index contributed by atoms with van der Waals surface area (Å²) in [5, 5.41) is 0. The van der Waals surface area contributed by atoms with Gasteiger partial charge in [-0.1, -0.05) is 0 Å². The Balaban J connectivity index is 3.35. The first-order chi connectivity index (χ1) is 4.95. The molecule has 0 fully saturated rings. The molecule has 0 N–H and O–H groups in total. The average Bonchev–Trinajstić information content (AvgIpc) is 1.85. The van der Waals surface area contributed by atoms with E-state index in [-0.39, 0.29) is 19.3 Å². The Morgan fingerprint density at radius 3 is 2.45 bits per heavy atom. The number of halogens is 2. The summed E-state index contributed by atoms with van der Waals surface area (Å²) in [5.41, 5.74) is 0. The maximum atomic E-state index is 12.1. The van der Waals surface area contributed by atoms with Crippen LogP contribution in [-0.2, 0) is 9.53 Å². The fraction of sp³-hybridized carbons (Fsp3) is 0.857. The molecule has 0 aliphatic rings. The molecule has 2 nitrogen and oxygen atoms in total. The third-order valence-electron chi connectivity index (χ3n) is 1.22. The molecular weight excluding hydrogens is 154 g/mol. The van der Waals surface area contributed by atoms with Gasteiger partial charge in [0.15, 0.2) is 0 Å². The molecule has 0 aromatic carbocycles. The van der Waals surface area contributed by atoms with Gasteiger partial charge < -0.3 is 4.74 Å². The predicted octanol–water partition coefficient (Wildman–Crippen LogP) is 1.98. The molecule has 0 amide bonds. The van der Waals surface area contributed by atoms with E-state index in [1.54, 1.807) is 0 Å². The molecule has 11 heavy (non-hydrogen) atoms. The van der Waals surface area contributed by atoms with Gasteiger partial charge in [0.2, 0.25) is 5.92 Å². The quantitative estimate of drug-likeness (QED) is 0.597. The van der Waals surface area contributed by atoms with Crippen molar-refractivity contribution in [2.24, 2.45) is 0 Å². The van der Waals surface area contributed by atoms with Crippen molar-refractivity contribution >= 4 is 5.97 Å². The fourth-order valence-corrected chi connectivity index (χ4v) is 0.645. The number of hydrogen-bond donors (Lipinski definition) is 0. The maximum Gasteiger partial charge on any atom is 0.305 e. The van der Waals surface area contributed by atoms with Crippen LogP contribution in [0.15, 0.2) is 0 Å². The summed E-state index contributed by atoms with van der Waals surface area (Å²) in [4.78, 5) is 10.4. The van der Waals surface area contributed by atoms with Gasteiger partial charge in [0.25, 0.3) is 0 Å². The number of esters is 1. The summed E-state index contributed by atoms with van der Waals surface area (Å²) >= 11 is 0. The lowest BCUT2D eigenvalue weighted by atomic mass is 10.1. The maximum absolute atomic E-state index is 12.1. The standard InChI is InChI=1S/C7H12F2O2/c1-7(8,9)5-3-4-6(10)11-2/h3-5H2,1-2H3. The van der Waals surface area contributed by atoms with E-state index in [1.807, 2.05) is 0 Å². The SMILES string of the molecule is COC(=O)CCCC(C)(F)F. The van der Waals surface area contributed by atoms with E-state index in [9.17, 15) is 13.6 Å². The van der Waals surface area contributed by atoms with Crippen molar-refractivity contribution in [2.75, 3.05) is 7.11 Å². The third-order valence-corrected chi connectivity index (χ3v) is 1.22. The molecule has 0 aromatic rings. The lowest BCUT2D eigenvalue weighted by Gasteiger charge is -2.07. The number of rotatable bonds is 4. The van der Waals surface area contributed by atoms with Crippen molar-refractivity contribution in [3.63, 3.8) is 0 Å².